The lowest BCUT2D eigenvalue weighted by molar-refractivity contribution is -0.130. The number of benzene rings is 1. The third-order valence-electron chi connectivity index (χ3n) is 3.60. The molecule has 1 fully saturated rings. The van der Waals surface area contributed by atoms with Crippen molar-refractivity contribution in [1.29, 1.82) is 0 Å². The van der Waals surface area contributed by atoms with E-state index in [-0.39, 0.29) is 18.4 Å². The van der Waals surface area contributed by atoms with Crippen LogP contribution in [0.3, 0.4) is 0 Å². The van der Waals surface area contributed by atoms with Gasteiger partial charge in [0.15, 0.2) is 0 Å². The lowest BCUT2D eigenvalue weighted by Crippen LogP contribution is -2.41. The van der Waals surface area contributed by atoms with Crippen LogP contribution in [-0.4, -0.2) is 36.3 Å². The average Bonchev–Trinajstić information content (AvgIpc) is 2.93. The molecule has 0 aliphatic carbocycles. The number of anilines is 1. The van der Waals surface area contributed by atoms with Crippen LogP contribution < -0.4 is 4.90 Å². The third kappa shape index (κ3) is 3.39. The molecular weight excluding hydrogens is 320 g/mol. The number of halogens is 1. The molecule has 0 N–H and O–H groups in total. The van der Waals surface area contributed by atoms with Crippen LogP contribution in [0, 0.1) is 6.92 Å². The predicted molar refractivity (Wildman–Crippen MR) is 82.7 cm³/mol. The van der Waals surface area contributed by atoms with E-state index in [1.807, 2.05) is 30.0 Å². The highest BCUT2D eigenvalue weighted by Crippen LogP contribution is 2.24. The van der Waals surface area contributed by atoms with Crippen LogP contribution in [-0.2, 0) is 9.59 Å². The first-order valence-corrected chi connectivity index (χ1v) is 7.60. The van der Waals surface area contributed by atoms with E-state index in [9.17, 15) is 9.59 Å². The minimum atomic E-state index is -0.117. The van der Waals surface area contributed by atoms with Gasteiger partial charge >= 0.3 is 0 Å². The molecule has 0 spiro atoms. The molecule has 2 rings (SSSR count). The first-order chi connectivity index (χ1) is 9.49. The molecule has 1 saturated heterocycles. The highest BCUT2D eigenvalue weighted by Gasteiger charge is 2.22. The number of carbonyl (C=O) groups is 2. The Bertz CT molecular complexity index is 525. The normalized spacial score (nSPS) is 14.4. The van der Waals surface area contributed by atoms with Crippen molar-refractivity contribution in [3.8, 4) is 0 Å². The molecule has 5 heteroatoms. The van der Waals surface area contributed by atoms with Gasteiger partial charge in [-0.05, 0) is 37.5 Å². The van der Waals surface area contributed by atoms with Crippen molar-refractivity contribution >= 4 is 33.4 Å². The zero-order valence-corrected chi connectivity index (χ0v) is 13.4. The number of rotatable bonds is 3. The minimum absolute atomic E-state index is 0.0226. The molecule has 0 aromatic heterocycles. The molecule has 20 heavy (non-hydrogen) atoms. The molecule has 0 unspecified atom stereocenters. The molecule has 1 aromatic carbocycles. The molecule has 0 atom stereocenters. The third-order valence-corrected chi connectivity index (χ3v) is 4.45. The molecule has 1 heterocycles. The molecule has 0 radical (unpaired) electrons. The Hall–Kier alpha value is -1.36. The van der Waals surface area contributed by atoms with E-state index in [1.54, 1.807) is 0 Å². The molecular formula is C15H19BrN2O2. The van der Waals surface area contributed by atoms with E-state index >= 15 is 0 Å². The first kappa shape index (κ1) is 15.0. The van der Waals surface area contributed by atoms with Gasteiger partial charge in [-0.2, -0.15) is 0 Å². The number of aryl methyl sites for hydroxylation is 1. The van der Waals surface area contributed by atoms with E-state index in [0.717, 1.165) is 41.7 Å². The Kier molecular flexibility index (Phi) is 4.81. The van der Waals surface area contributed by atoms with Crippen molar-refractivity contribution in [1.82, 2.24) is 4.90 Å². The summed E-state index contributed by atoms with van der Waals surface area (Å²) in [5, 5.41) is 0. The van der Waals surface area contributed by atoms with Crippen molar-refractivity contribution in [3.63, 3.8) is 0 Å². The van der Waals surface area contributed by atoms with E-state index in [2.05, 4.69) is 15.9 Å². The average molecular weight is 339 g/mol. The summed E-state index contributed by atoms with van der Waals surface area (Å²) < 4.78 is 0.940. The summed E-state index contributed by atoms with van der Waals surface area (Å²) in [5.41, 5.74) is 1.85. The zero-order valence-electron chi connectivity index (χ0n) is 11.9. The molecule has 1 aliphatic heterocycles. The van der Waals surface area contributed by atoms with Crippen molar-refractivity contribution < 1.29 is 9.59 Å². The van der Waals surface area contributed by atoms with Crippen LogP contribution >= 0.6 is 15.9 Å². The maximum Gasteiger partial charge on any atom is 0.242 e. The van der Waals surface area contributed by atoms with E-state index in [4.69, 9.17) is 0 Å². The summed E-state index contributed by atoms with van der Waals surface area (Å²) in [6.07, 6.45) is 2.11. The highest BCUT2D eigenvalue weighted by atomic mass is 79.9. The number of carbonyl (C=O) groups excluding carboxylic acids is 2. The van der Waals surface area contributed by atoms with Gasteiger partial charge in [0.25, 0.3) is 0 Å². The summed E-state index contributed by atoms with van der Waals surface area (Å²) in [4.78, 5) is 27.4. The van der Waals surface area contributed by atoms with Crippen molar-refractivity contribution in [2.75, 3.05) is 24.5 Å². The smallest absolute Gasteiger partial charge is 0.242 e. The summed E-state index contributed by atoms with van der Waals surface area (Å²) in [7, 11) is 0. The van der Waals surface area contributed by atoms with Gasteiger partial charge in [0.1, 0.15) is 6.54 Å². The second kappa shape index (κ2) is 6.39. The Morgan fingerprint density at radius 2 is 1.95 bits per heavy atom. The van der Waals surface area contributed by atoms with Crippen LogP contribution in [0.2, 0.25) is 0 Å². The van der Waals surface area contributed by atoms with Crippen molar-refractivity contribution in [2.24, 2.45) is 0 Å². The lowest BCUT2D eigenvalue weighted by atomic mass is 10.2. The summed E-state index contributed by atoms with van der Waals surface area (Å²) in [6, 6.07) is 5.70. The second-order valence-electron chi connectivity index (χ2n) is 5.13. The molecule has 2 amide bonds. The Labute approximate surface area is 127 Å². The van der Waals surface area contributed by atoms with E-state index < -0.39 is 0 Å². The number of hydrogen-bond donors (Lipinski definition) is 0. The largest absolute Gasteiger partial charge is 0.341 e. The number of hydrogen-bond acceptors (Lipinski definition) is 2. The summed E-state index contributed by atoms with van der Waals surface area (Å²) >= 11 is 3.46. The molecule has 4 nitrogen and oxygen atoms in total. The van der Waals surface area contributed by atoms with Crippen molar-refractivity contribution in [2.45, 2.75) is 26.7 Å². The SMILES string of the molecule is CC(=O)N(CC(=O)N1CCCC1)c1ccc(C)c(Br)c1. The van der Waals surface area contributed by atoms with E-state index in [0.29, 0.717) is 0 Å². The maximum absolute atomic E-state index is 12.2. The molecule has 0 saturated carbocycles. The van der Waals surface area contributed by atoms with Crippen molar-refractivity contribution in [3.05, 3.63) is 28.2 Å². The molecule has 108 valence electrons. The van der Waals surface area contributed by atoms with Crippen LogP contribution in [0.1, 0.15) is 25.3 Å². The fourth-order valence-corrected chi connectivity index (χ4v) is 2.70. The molecule has 0 bridgehead atoms. The Morgan fingerprint density at radius 3 is 2.50 bits per heavy atom. The van der Waals surface area contributed by atoms with Crippen LogP contribution in [0.4, 0.5) is 5.69 Å². The van der Waals surface area contributed by atoms with Crippen LogP contribution in [0.25, 0.3) is 0 Å². The van der Waals surface area contributed by atoms with Gasteiger partial charge in [0.05, 0.1) is 0 Å². The summed E-state index contributed by atoms with van der Waals surface area (Å²) in [6.45, 7) is 5.21. The standard InChI is InChI=1S/C15H19BrN2O2/c1-11-5-6-13(9-14(11)16)18(12(2)19)10-15(20)17-7-3-4-8-17/h5-6,9H,3-4,7-8,10H2,1-2H3. The van der Waals surface area contributed by atoms with Gasteiger partial charge in [0.2, 0.25) is 11.8 Å². The topological polar surface area (TPSA) is 40.6 Å². The van der Waals surface area contributed by atoms with Gasteiger partial charge in [-0.3, -0.25) is 9.59 Å². The predicted octanol–water partition coefficient (Wildman–Crippen LogP) is 2.73. The highest BCUT2D eigenvalue weighted by molar-refractivity contribution is 9.10. The quantitative estimate of drug-likeness (QED) is 0.850. The first-order valence-electron chi connectivity index (χ1n) is 6.81. The Balaban J connectivity index is 2.16. The molecule has 1 aromatic rings. The second-order valence-corrected chi connectivity index (χ2v) is 5.98. The van der Waals surface area contributed by atoms with E-state index in [1.165, 1.54) is 11.8 Å². The fraction of sp³-hybridized carbons (Fsp3) is 0.467. The minimum Gasteiger partial charge on any atom is -0.341 e. The summed E-state index contributed by atoms with van der Waals surface area (Å²) in [5.74, 6) is -0.0947. The Morgan fingerprint density at radius 1 is 1.30 bits per heavy atom. The lowest BCUT2D eigenvalue weighted by Gasteiger charge is -2.24. The number of nitrogens with zero attached hydrogens (tertiary/aromatic N) is 2. The van der Waals surface area contributed by atoms with Crippen LogP contribution in [0.5, 0.6) is 0 Å². The van der Waals surface area contributed by atoms with Gasteiger partial charge in [-0.15, -0.1) is 0 Å². The molecule has 1 aliphatic rings. The van der Waals surface area contributed by atoms with Gasteiger partial charge < -0.3 is 9.80 Å². The zero-order chi connectivity index (χ0) is 14.7. The maximum atomic E-state index is 12.2. The van der Waals surface area contributed by atoms with Crippen LogP contribution in [0.15, 0.2) is 22.7 Å². The fourth-order valence-electron chi connectivity index (χ4n) is 2.34. The monoisotopic (exact) mass is 338 g/mol. The van der Waals surface area contributed by atoms with Gasteiger partial charge in [-0.25, -0.2) is 0 Å². The number of likely N-dealkylation sites (tertiary alicyclic amines) is 1. The van der Waals surface area contributed by atoms with Gasteiger partial charge in [0, 0.05) is 30.2 Å². The number of amides is 2. The van der Waals surface area contributed by atoms with Gasteiger partial charge in [-0.1, -0.05) is 22.0 Å².